The molecule has 0 unspecified atom stereocenters. The van der Waals surface area contributed by atoms with E-state index in [1.165, 1.54) is 18.2 Å². The summed E-state index contributed by atoms with van der Waals surface area (Å²) >= 11 is 1.97. The Hall–Kier alpha value is -1.40. The summed E-state index contributed by atoms with van der Waals surface area (Å²) in [7, 11) is 0. The molecule has 0 radical (unpaired) electrons. The average Bonchev–Trinajstić information content (AvgIpc) is 2.65. The van der Waals surface area contributed by atoms with Gasteiger partial charge in [0.1, 0.15) is 11.4 Å². The van der Waals surface area contributed by atoms with E-state index in [1.807, 2.05) is 41.3 Å². The Kier molecular flexibility index (Phi) is 7.61. The van der Waals surface area contributed by atoms with Crippen LogP contribution in [0.5, 0.6) is 0 Å². The van der Waals surface area contributed by atoms with Gasteiger partial charge in [-0.1, -0.05) is 19.9 Å². The molecule has 3 N–H and O–H groups in total. The number of anilines is 2. The fraction of sp³-hybridized carbons (Fsp3) is 0.429. The second-order valence-electron chi connectivity index (χ2n) is 7.87. The van der Waals surface area contributed by atoms with Crippen LogP contribution in [-0.4, -0.2) is 48.0 Å². The highest BCUT2D eigenvalue weighted by atomic mass is 127. The van der Waals surface area contributed by atoms with E-state index in [2.05, 4.69) is 10.6 Å². The van der Waals surface area contributed by atoms with E-state index < -0.39 is 23.1 Å². The van der Waals surface area contributed by atoms with Crippen LogP contribution in [0.25, 0.3) is 0 Å². The number of nitrogens with one attached hydrogen (secondary N) is 2. The van der Waals surface area contributed by atoms with Crippen LogP contribution in [0.15, 0.2) is 30.3 Å². The van der Waals surface area contributed by atoms with Gasteiger partial charge in [0.25, 0.3) is 0 Å². The first-order chi connectivity index (χ1) is 14.2. The maximum absolute atomic E-state index is 14.4. The van der Waals surface area contributed by atoms with Crippen LogP contribution < -0.4 is 10.6 Å². The summed E-state index contributed by atoms with van der Waals surface area (Å²) in [5.41, 5.74) is -0.530. The molecular formula is C21H25F3IN3O2. The van der Waals surface area contributed by atoms with Crippen molar-refractivity contribution in [1.82, 2.24) is 10.2 Å². The second-order valence-corrected chi connectivity index (χ2v) is 9.11. The van der Waals surface area contributed by atoms with Crippen molar-refractivity contribution < 1.29 is 23.0 Å². The Bertz CT molecular complexity index is 892. The fourth-order valence-corrected chi connectivity index (χ4v) is 3.69. The number of halogens is 4. The SMILES string of the molecule is CC(C)NCC1(O)CN(COCc2ccc(F)c(F)c2Nc2ccc(I)cc2F)C1. The maximum Gasteiger partial charge on any atom is 0.182 e. The molecule has 9 heteroatoms. The Morgan fingerprint density at radius 3 is 2.57 bits per heavy atom. The summed E-state index contributed by atoms with van der Waals surface area (Å²) in [5.74, 6) is -2.68. The highest BCUT2D eigenvalue weighted by molar-refractivity contribution is 14.1. The highest BCUT2D eigenvalue weighted by Crippen LogP contribution is 2.29. The van der Waals surface area contributed by atoms with Crippen molar-refractivity contribution in [2.24, 2.45) is 0 Å². The number of ether oxygens (including phenoxy) is 1. The summed E-state index contributed by atoms with van der Waals surface area (Å²) in [4.78, 5) is 1.91. The third kappa shape index (κ3) is 5.85. The standard InChI is InChI=1S/C21H25F3IN3O2/c1-13(2)26-9-21(29)10-28(11-21)12-30-8-14-3-5-16(22)19(24)20(14)27-18-6-4-15(25)7-17(18)23/h3-7,13,26-27,29H,8-12H2,1-2H3. The van der Waals surface area contributed by atoms with E-state index in [-0.39, 0.29) is 30.8 Å². The number of rotatable bonds is 9. The predicted octanol–water partition coefficient (Wildman–Crippen LogP) is 3.97. The third-order valence-corrected chi connectivity index (χ3v) is 5.45. The zero-order valence-corrected chi connectivity index (χ0v) is 19.0. The quantitative estimate of drug-likeness (QED) is 0.425. The first-order valence-corrected chi connectivity index (χ1v) is 10.7. The predicted molar refractivity (Wildman–Crippen MR) is 118 cm³/mol. The van der Waals surface area contributed by atoms with Crippen LogP contribution in [0.1, 0.15) is 19.4 Å². The first-order valence-electron chi connectivity index (χ1n) is 9.62. The molecule has 1 aliphatic rings. The van der Waals surface area contributed by atoms with Crippen LogP contribution >= 0.6 is 22.6 Å². The third-order valence-electron chi connectivity index (χ3n) is 4.78. The summed E-state index contributed by atoms with van der Waals surface area (Å²) in [6.07, 6.45) is 0. The lowest BCUT2D eigenvalue weighted by atomic mass is 9.94. The number of hydrogen-bond acceptors (Lipinski definition) is 5. The highest BCUT2D eigenvalue weighted by Gasteiger charge is 2.40. The largest absolute Gasteiger partial charge is 0.386 e. The minimum atomic E-state index is -1.09. The number of nitrogens with zero attached hydrogens (tertiary/aromatic N) is 1. The number of benzene rings is 2. The van der Waals surface area contributed by atoms with Gasteiger partial charge in [-0.25, -0.2) is 13.2 Å². The Morgan fingerprint density at radius 1 is 1.17 bits per heavy atom. The van der Waals surface area contributed by atoms with Gasteiger partial charge in [0, 0.05) is 34.8 Å². The summed E-state index contributed by atoms with van der Waals surface area (Å²) < 4.78 is 48.6. The van der Waals surface area contributed by atoms with Crippen molar-refractivity contribution in [1.29, 1.82) is 0 Å². The minimum absolute atomic E-state index is 0.00466. The van der Waals surface area contributed by atoms with Crippen molar-refractivity contribution >= 4 is 34.0 Å². The maximum atomic E-state index is 14.4. The van der Waals surface area contributed by atoms with Gasteiger partial charge in [0.15, 0.2) is 11.6 Å². The van der Waals surface area contributed by atoms with Crippen molar-refractivity contribution in [3.63, 3.8) is 0 Å². The molecule has 30 heavy (non-hydrogen) atoms. The molecule has 5 nitrogen and oxygen atoms in total. The monoisotopic (exact) mass is 535 g/mol. The van der Waals surface area contributed by atoms with E-state index in [4.69, 9.17) is 4.74 Å². The van der Waals surface area contributed by atoms with Crippen molar-refractivity contribution in [3.8, 4) is 0 Å². The Morgan fingerprint density at radius 2 is 1.90 bits per heavy atom. The summed E-state index contributed by atoms with van der Waals surface area (Å²) in [5, 5.41) is 16.2. The molecule has 1 aliphatic heterocycles. The molecule has 0 spiro atoms. The molecule has 0 aliphatic carbocycles. The van der Waals surface area contributed by atoms with Crippen molar-refractivity contribution in [2.45, 2.75) is 32.1 Å². The molecule has 0 bridgehead atoms. The smallest absolute Gasteiger partial charge is 0.182 e. The molecule has 3 rings (SSSR count). The lowest BCUT2D eigenvalue weighted by Gasteiger charge is -2.46. The van der Waals surface area contributed by atoms with Crippen LogP contribution in [-0.2, 0) is 11.3 Å². The van der Waals surface area contributed by atoms with Gasteiger partial charge >= 0.3 is 0 Å². The Balaban J connectivity index is 1.60. The zero-order chi connectivity index (χ0) is 21.9. The topological polar surface area (TPSA) is 56.8 Å². The molecule has 1 heterocycles. The number of likely N-dealkylation sites (tertiary alicyclic amines) is 1. The average molecular weight is 535 g/mol. The summed E-state index contributed by atoms with van der Waals surface area (Å²) in [6, 6.07) is 7.15. The molecule has 2 aromatic carbocycles. The molecule has 2 aromatic rings. The van der Waals surface area contributed by atoms with E-state index in [0.717, 1.165) is 6.07 Å². The lowest BCUT2D eigenvalue weighted by Crippen LogP contribution is -2.66. The first kappa shape index (κ1) is 23.3. The van der Waals surface area contributed by atoms with Gasteiger partial charge in [-0.15, -0.1) is 0 Å². The minimum Gasteiger partial charge on any atom is -0.386 e. The molecule has 0 amide bonds. The molecule has 1 saturated heterocycles. The van der Waals surface area contributed by atoms with Gasteiger partial charge in [-0.05, 0) is 46.9 Å². The molecular weight excluding hydrogens is 510 g/mol. The van der Waals surface area contributed by atoms with Gasteiger partial charge < -0.3 is 20.5 Å². The lowest BCUT2D eigenvalue weighted by molar-refractivity contribution is -0.137. The van der Waals surface area contributed by atoms with Crippen molar-refractivity contribution in [2.75, 3.05) is 31.7 Å². The van der Waals surface area contributed by atoms with Gasteiger partial charge in [0.2, 0.25) is 0 Å². The van der Waals surface area contributed by atoms with Gasteiger partial charge in [0.05, 0.1) is 24.7 Å². The van der Waals surface area contributed by atoms with Crippen LogP contribution in [0, 0.1) is 21.0 Å². The molecule has 0 saturated carbocycles. The molecule has 0 aromatic heterocycles. The molecule has 1 fully saturated rings. The van der Waals surface area contributed by atoms with E-state index >= 15 is 0 Å². The normalized spacial score (nSPS) is 16.0. The van der Waals surface area contributed by atoms with Gasteiger partial charge in [-0.2, -0.15) is 0 Å². The van der Waals surface area contributed by atoms with E-state index in [1.54, 1.807) is 6.07 Å². The summed E-state index contributed by atoms with van der Waals surface area (Å²) in [6.45, 7) is 5.69. The number of β-amino-alcohol motifs (C(OH)–C–C–N with tert-alkyl or cyclic N) is 1. The fourth-order valence-electron chi connectivity index (χ4n) is 3.24. The van der Waals surface area contributed by atoms with E-state index in [0.29, 0.717) is 28.8 Å². The number of hydrogen-bond donors (Lipinski definition) is 3. The second kappa shape index (κ2) is 9.82. The van der Waals surface area contributed by atoms with Crippen LogP contribution in [0.4, 0.5) is 24.5 Å². The van der Waals surface area contributed by atoms with Gasteiger partial charge in [-0.3, -0.25) is 4.90 Å². The van der Waals surface area contributed by atoms with Crippen LogP contribution in [0.2, 0.25) is 0 Å². The number of aliphatic hydroxyl groups is 1. The zero-order valence-electron chi connectivity index (χ0n) is 16.8. The van der Waals surface area contributed by atoms with Crippen molar-refractivity contribution in [3.05, 3.63) is 56.9 Å². The molecule has 0 atom stereocenters. The van der Waals surface area contributed by atoms with E-state index in [9.17, 15) is 18.3 Å². The Labute approximate surface area is 187 Å². The molecule has 164 valence electrons. The van der Waals surface area contributed by atoms with Crippen LogP contribution in [0.3, 0.4) is 0 Å².